The van der Waals surface area contributed by atoms with E-state index in [1.165, 1.54) is 42.2 Å². The Kier molecular flexibility index (Phi) is 6.95. The van der Waals surface area contributed by atoms with E-state index >= 15 is 0 Å². The lowest BCUT2D eigenvalue weighted by molar-refractivity contribution is -1.02. The Bertz CT molecular complexity index is 947. The van der Waals surface area contributed by atoms with E-state index in [4.69, 9.17) is 0 Å². The number of benzene rings is 2. The summed E-state index contributed by atoms with van der Waals surface area (Å²) in [5, 5.41) is 4.19. The van der Waals surface area contributed by atoms with Gasteiger partial charge in [0.1, 0.15) is 44.3 Å². The highest BCUT2D eigenvalue weighted by Gasteiger charge is 2.25. The molecule has 4 rings (SSSR count). The van der Waals surface area contributed by atoms with Crippen LogP contribution in [0.4, 0.5) is 5.00 Å². The van der Waals surface area contributed by atoms with Gasteiger partial charge in [0, 0.05) is 21.6 Å². The number of amides is 1. The Morgan fingerprint density at radius 1 is 0.900 bits per heavy atom. The number of hydrogen-bond donors (Lipinski definition) is 3. The van der Waals surface area contributed by atoms with E-state index in [9.17, 15) is 4.79 Å². The monoisotopic (exact) mass is 421 g/mol. The zero-order valence-electron chi connectivity index (χ0n) is 17.6. The van der Waals surface area contributed by atoms with E-state index in [1.807, 2.05) is 30.3 Å². The number of carbonyl (C=O) groups is 1. The molecule has 0 aliphatic carbocycles. The van der Waals surface area contributed by atoms with Crippen LogP contribution in [0.1, 0.15) is 33.3 Å². The molecule has 1 saturated heterocycles. The second-order valence-electron chi connectivity index (χ2n) is 8.08. The lowest BCUT2D eigenvalue weighted by Gasteiger charge is -2.29. The topological polar surface area (TPSA) is 38.0 Å². The van der Waals surface area contributed by atoms with Crippen molar-refractivity contribution < 1.29 is 14.6 Å². The number of thiophene rings is 1. The number of quaternary nitrogens is 2. The van der Waals surface area contributed by atoms with Crippen LogP contribution in [0.25, 0.3) is 0 Å². The highest BCUT2D eigenvalue weighted by atomic mass is 32.1. The molecule has 1 amide bonds. The van der Waals surface area contributed by atoms with Crippen molar-refractivity contribution in [1.82, 2.24) is 0 Å². The quantitative estimate of drug-likeness (QED) is 0.537. The molecule has 1 fully saturated rings. The zero-order valence-corrected chi connectivity index (χ0v) is 18.4. The van der Waals surface area contributed by atoms with Gasteiger partial charge in [-0.25, -0.2) is 0 Å². The minimum Gasteiger partial charge on any atom is -0.322 e. The van der Waals surface area contributed by atoms with E-state index < -0.39 is 0 Å². The molecule has 3 N–H and O–H groups in total. The van der Waals surface area contributed by atoms with E-state index in [0.29, 0.717) is 5.56 Å². The van der Waals surface area contributed by atoms with Crippen molar-refractivity contribution in [1.29, 1.82) is 0 Å². The Balaban J connectivity index is 1.36. The summed E-state index contributed by atoms with van der Waals surface area (Å²) in [6.45, 7) is 9.01. The lowest BCUT2D eigenvalue weighted by atomic mass is 10.2. The molecule has 156 valence electrons. The van der Waals surface area contributed by atoms with Crippen LogP contribution in [-0.2, 0) is 19.5 Å². The number of rotatable bonds is 7. The van der Waals surface area contributed by atoms with Gasteiger partial charge >= 0.3 is 0 Å². The summed E-state index contributed by atoms with van der Waals surface area (Å²) in [6.07, 6.45) is 1.00. The summed E-state index contributed by atoms with van der Waals surface area (Å²) in [7, 11) is 0. The van der Waals surface area contributed by atoms with E-state index in [1.54, 1.807) is 21.1 Å². The minimum absolute atomic E-state index is 0.0199. The first-order valence-corrected chi connectivity index (χ1v) is 11.7. The molecule has 0 bridgehead atoms. The van der Waals surface area contributed by atoms with Crippen LogP contribution < -0.4 is 15.1 Å². The number of aryl methyl sites for hydroxylation is 1. The average Bonchev–Trinajstić information content (AvgIpc) is 3.17. The number of carbonyl (C=O) groups excluding carboxylic acids is 1. The third-order valence-corrected chi connectivity index (χ3v) is 7.11. The van der Waals surface area contributed by atoms with Crippen LogP contribution in [0.15, 0.2) is 66.7 Å². The Labute approximate surface area is 183 Å². The van der Waals surface area contributed by atoms with Crippen LogP contribution in [0, 0.1) is 0 Å². The second kappa shape index (κ2) is 10.0. The van der Waals surface area contributed by atoms with Gasteiger partial charge in [0.05, 0.1) is 0 Å². The van der Waals surface area contributed by atoms with Gasteiger partial charge < -0.3 is 15.1 Å². The van der Waals surface area contributed by atoms with Crippen molar-refractivity contribution in [2.45, 2.75) is 26.4 Å². The van der Waals surface area contributed by atoms with Gasteiger partial charge in [0.25, 0.3) is 5.91 Å². The maximum Gasteiger partial charge on any atom is 0.256 e. The van der Waals surface area contributed by atoms with Crippen LogP contribution in [0.3, 0.4) is 0 Å². The molecule has 0 radical (unpaired) electrons. The van der Waals surface area contributed by atoms with Crippen LogP contribution in [-0.4, -0.2) is 32.1 Å². The second-order valence-corrected chi connectivity index (χ2v) is 9.22. The maximum absolute atomic E-state index is 12.7. The Morgan fingerprint density at radius 3 is 2.13 bits per heavy atom. The van der Waals surface area contributed by atoms with Crippen LogP contribution in [0.5, 0.6) is 0 Å². The summed E-state index contributed by atoms with van der Waals surface area (Å²) >= 11 is 1.72. The van der Waals surface area contributed by atoms with Gasteiger partial charge in [0.15, 0.2) is 0 Å². The van der Waals surface area contributed by atoms with Crippen molar-refractivity contribution in [3.8, 4) is 0 Å². The molecule has 1 aliphatic rings. The molecule has 1 aromatic heterocycles. The third-order valence-electron chi connectivity index (χ3n) is 5.87. The fraction of sp³-hybridized carbons (Fsp3) is 0.320. The van der Waals surface area contributed by atoms with Crippen molar-refractivity contribution in [3.63, 3.8) is 0 Å². The lowest BCUT2D eigenvalue weighted by Crippen LogP contribution is -3.27. The fourth-order valence-corrected chi connectivity index (χ4v) is 5.14. The standard InChI is InChI=1S/C25H29N3OS/c1-2-23-17-22(25(30-23)26-24(29)21-11-7-4-8-12-21)19-28-15-13-27(14-16-28)18-20-9-5-3-6-10-20/h3-12,17H,2,13-16,18-19H2,1H3,(H,26,29)/p+2. The molecule has 1 aliphatic heterocycles. The number of piperazine rings is 1. The summed E-state index contributed by atoms with van der Waals surface area (Å²) in [6, 6.07) is 22.6. The molecule has 30 heavy (non-hydrogen) atoms. The molecule has 2 aromatic carbocycles. The van der Waals surface area contributed by atoms with Gasteiger partial charge in [-0.2, -0.15) is 0 Å². The SMILES string of the molecule is CCc1cc(C[NH+]2CC[NH+](Cc3ccccc3)CC2)c(NC(=O)c2ccccc2)s1. The van der Waals surface area contributed by atoms with Gasteiger partial charge in [-0.15, -0.1) is 11.3 Å². The molecule has 5 heteroatoms. The number of nitrogens with one attached hydrogen (secondary N) is 3. The van der Waals surface area contributed by atoms with Crippen molar-refractivity contribution >= 4 is 22.2 Å². The molecule has 0 unspecified atom stereocenters. The summed E-state index contributed by atoms with van der Waals surface area (Å²) < 4.78 is 0. The molecule has 4 nitrogen and oxygen atoms in total. The summed E-state index contributed by atoms with van der Waals surface area (Å²) in [5.41, 5.74) is 3.41. The van der Waals surface area contributed by atoms with Crippen LogP contribution in [0.2, 0.25) is 0 Å². The largest absolute Gasteiger partial charge is 0.322 e. The van der Waals surface area contributed by atoms with E-state index in [-0.39, 0.29) is 5.91 Å². The molecular weight excluding hydrogens is 390 g/mol. The highest BCUT2D eigenvalue weighted by molar-refractivity contribution is 7.16. The van der Waals surface area contributed by atoms with Crippen molar-refractivity contribution in [3.05, 3.63) is 88.3 Å². The first-order chi connectivity index (χ1) is 14.7. The van der Waals surface area contributed by atoms with Crippen LogP contribution >= 0.6 is 11.3 Å². The van der Waals surface area contributed by atoms with Gasteiger partial charge in [-0.1, -0.05) is 55.5 Å². The predicted octanol–water partition coefficient (Wildman–Crippen LogP) is 2.05. The van der Waals surface area contributed by atoms with Crippen molar-refractivity contribution in [2.24, 2.45) is 0 Å². The zero-order chi connectivity index (χ0) is 20.8. The molecular formula is C25H31N3OS+2. The van der Waals surface area contributed by atoms with E-state index in [2.05, 4.69) is 48.6 Å². The molecule has 0 spiro atoms. The Morgan fingerprint density at radius 2 is 1.50 bits per heavy atom. The summed E-state index contributed by atoms with van der Waals surface area (Å²) in [5.74, 6) is -0.0199. The smallest absolute Gasteiger partial charge is 0.256 e. The highest BCUT2D eigenvalue weighted by Crippen LogP contribution is 2.28. The first kappa shape index (κ1) is 20.8. The number of anilines is 1. The first-order valence-electron chi connectivity index (χ1n) is 10.9. The molecule has 2 heterocycles. The van der Waals surface area contributed by atoms with Gasteiger partial charge in [0.2, 0.25) is 0 Å². The molecule has 0 saturated carbocycles. The van der Waals surface area contributed by atoms with E-state index in [0.717, 1.165) is 24.5 Å². The number of hydrogen-bond acceptors (Lipinski definition) is 2. The van der Waals surface area contributed by atoms with Gasteiger partial charge in [-0.3, -0.25) is 4.79 Å². The van der Waals surface area contributed by atoms with Gasteiger partial charge in [-0.05, 0) is 24.6 Å². The van der Waals surface area contributed by atoms with Crippen molar-refractivity contribution in [2.75, 3.05) is 31.5 Å². The fourth-order valence-electron chi connectivity index (χ4n) is 4.13. The predicted molar refractivity (Wildman–Crippen MR) is 123 cm³/mol. The molecule has 0 atom stereocenters. The third kappa shape index (κ3) is 5.36. The minimum atomic E-state index is -0.0199. The normalized spacial score (nSPS) is 18.8. The Hall–Kier alpha value is -2.47. The molecule has 3 aromatic rings. The maximum atomic E-state index is 12.7. The average molecular weight is 422 g/mol. The summed E-state index contributed by atoms with van der Waals surface area (Å²) in [4.78, 5) is 17.3.